The number of ketones is 1. The third-order valence-electron chi connectivity index (χ3n) is 5.16. The molecule has 144 valence electrons. The van der Waals surface area contributed by atoms with E-state index in [-0.39, 0.29) is 30.0 Å². The fraction of sp³-hybridized carbons (Fsp3) is 0.619. The number of carbonyl (C=O) groups excluding carboxylic acids is 2. The average Bonchev–Trinajstić information content (AvgIpc) is 2.59. The molecule has 1 fully saturated rings. The molecule has 0 aromatic heterocycles. The van der Waals surface area contributed by atoms with E-state index in [1.54, 1.807) is 17.0 Å². The van der Waals surface area contributed by atoms with E-state index in [9.17, 15) is 19.1 Å². The maximum absolute atomic E-state index is 13.1. The standard InChI is InChI=1S/C21H30FNO3/c1-16-6-5-13-21(2,26)12-4-3-7-19(24)15-23(20(16)25)14-17-8-10-18(22)11-9-17/h8-11,16,26H,3-7,12-15H2,1-2H3/t16-,21-/m1/s1. The van der Waals surface area contributed by atoms with Crippen molar-refractivity contribution in [3.63, 3.8) is 0 Å². The highest BCUT2D eigenvalue weighted by atomic mass is 19.1. The van der Waals surface area contributed by atoms with Crippen LogP contribution in [0.5, 0.6) is 0 Å². The molecule has 1 saturated heterocycles. The van der Waals surface area contributed by atoms with Crippen molar-refractivity contribution in [1.29, 1.82) is 0 Å². The van der Waals surface area contributed by atoms with Crippen molar-refractivity contribution in [2.75, 3.05) is 6.54 Å². The molecule has 0 saturated carbocycles. The first kappa shape index (κ1) is 20.6. The van der Waals surface area contributed by atoms with Crippen LogP contribution in [0.3, 0.4) is 0 Å². The van der Waals surface area contributed by atoms with Crippen molar-refractivity contribution in [2.24, 2.45) is 5.92 Å². The lowest BCUT2D eigenvalue weighted by atomic mass is 9.90. The molecule has 1 aliphatic rings. The summed E-state index contributed by atoms with van der Waals surface area (Å²) in [4.78, 5) is 26.8. The summed E-state index contributed by atoms with van der Waals surface area (Å²) in [5, 5.41) is 10.4. The Morgan fingerprint density at radius 2 is 1.81 bits per heavy atom. The fourth-order valence-electron chi connectivity index (χ4n) is 3.49. The Balaban J connectivity index is 2.12. The van der Waals surface area contributed by atoms with Gasteiger partial charge in [0.2, 0.25) is 5.91 Å². The van der Waals surface area contributed by atoms with Gasteiger partial charge < -0.3 is 10.0 Å². The maximum atomic E-state index is 13.1. The van der Waals surface area contributed by atoms with Crippen LogP contribution in [0.1, 0.15) is 64.4 Å². The Morgan fingerprint density at radius 3 is 2.50 bits per heavy atom. The molecule has 0 aliphatic carbocycles. The molecule has 2 atom stereocenters. The Morgan fingerprint density at radius 1 is 1.15 bits per heavy atom. The molecule has 0 radical (unpaired) electrons. The van der Waals surface area contributed by atoms with Gasteiger partial charge in [0.25, 0.3) is 0 Å². The zero-order valence-electron chi connectivity index (χ0n) is 15.8. The van der Waals surface area contributed by atoms with Crippen molar-refractivity contribution in [3.05, 3.63) is 35.6 Å². The SMILES string of the molecule is C[C@@H]1CCC[C@](C)(O)CCCCC(=O)CN(Cc2ccc(F)cc2)C1=O. The summed E-state index contributed by atoms with van der Waals surface area (Å²) in [5.74, 6) is -0.547. The molecule has 0 unspecified atom stereocenters. The number of amides is 1. The van der Waals surface area contributed by atoms with E-state index in [4.69, 9.17) is 0 Å². The molecule has 4 nitrogen and oxygen atoms in total. The molecular weight excluding hydrogens is 333 g/mol. The molecule has 26 heavy (non-hydrogen) atoms. The molecule has 5 heteroatoms. The van der Waals surface area contributed by atoms with Gasteiger partial charge in [0.1, 0.15) is 5.82 Å². The Kier molecular flexibility index (Phi) is 7.33. The summed E-state index contributed by atoms with van der Waals surface area (Å²) >= 11 is 0. The number of nitrogens with zero attached hydrogens (tertiary/aromatic N) is 1. The number of halogens is 1. The summed E-state index contributed by atoms with van der Waals surface area (Å²) in [6.07, 6.45) is 4.75. The van der Waals surface area contributed by atoms with E-state index in [2.05, 4.69) is 0 Å². The van der Waals surface area contributed by atoms with E-state index < -0.39 is 5.60 Å². The number of hydrogen-bond donors (Lipinski definition) is 1. The molecule has 1 aromatic carbocycles. The quantitative estimate of drug-likeness (QED) is 0.868. The Labute approximate surface area is 155 Å². The van der Waals surface area contributed by atoms with Crippen LogP contribution in [0, 0.1) is 11.7 Å². The highest BCUT2D eigenvalue weighted by molar-refractivity contribution is 5.86. The molecule has 1 heterocycles. The van der Waals surface area contributed by atoms with Gasteiger partial charge in [-0.1, -0.05) is 25.5 Å². The van der Waals surface area contributed by atoms with Crippen molar-refractivity contribution < 1.29 is 19.1 Å². The lowest BCUT2D eigenvalue weighted by Crippen LogP contribution is -2.38. The lowest BCUT2D eigenvalue weighted by Gasteiger charge is -2.26. The van der Waals surface area contributed by atoms with Crippen LogP contribution in [-0.2, 0) is 16.1 Å². The average molecular weight is 363 g/mol. The van der Waals surface area contributed by atoms with Crippen molar-refractivity contribution in [1.82, 2.24) is 4.90 Å². The first-order valence-corrected chi connectivity index (χ1v) is 9.54. The number of rotatable bonds is 2. The summed E-state index contributed by atoms with van der Waals surface area (Å²) in [6, 6.07) is 6.04. The van der Waals surface area contributed by atoms with Crippen LogP contribution in [0.4, 0.5) is 4.39 Å². The van der Waals surface area contributed by atoms with Gasteiger partial charge in [-0.05, 0) is 56.7 Å². The van der Waals surface area contributed by atoms with Gasteiger partial charge in [-0.15, -0.1) is 0 Å². The Hall–Kier alpha value is -1.75. The molecule has 0 bridgehead atoms. The van der Waals surface area contributed by atoms with Gasteiger partial charge in [0.05, 0.1) is 12.1 Å². The second kappa shape index (κ2) is 9.26. The number of hydrogen-bond acceptors (Lipinski definition) is 3. The molecule has 1 amide bonds. The number of benzene rings is 1. The van der Waals surface area contributed by atoms with Crippen molar-refractivity contribution in [3.8, 4) is 0 Å². The zero-order valence-corrected chi connectivity index (χ0v) is 15.8. The van der Waals surface area contributed by atoms with Crippen molar-refractivity contribution >= 4 is 11.7 Å². The number of aliphatic hydroxyl groups is 1. The van der Waals surface area contributed by atoms with E-state index in [0.717, 1.165) is 24.8 Å². The molecule has 1 N–H and O–H groups in total. The summed E-state index contributed by atoms with van der Waals surface area (Å²) in [7, 11) is 0. The fourth-order valence-corrected chi connectivity index (χ4v) is 3.49. The second-order valence-corrected chi connectivity index (χ2v) is 7.86. The number of carbonyl (C=O) groups is 2. The topological polar surface area (TPSA) is 57.6 Å². The minimum atomic E-state index is -0.729. The second-order valence-electron chi connectivity index (χ2n) is 7.86. The van der Waals surface area contributed by atoms with Crippen LogP contribution in [0.15, 0.2) is 24.3 Å². The molecule has 1 aromatic rings. The summed E-state index contributed by atoms with van der Waals surface area (Å²) in [5.41, 5.74) is 0.0835. The third kappa shape index (κ3) is 6.52. The van der Waals surface area contributed by atoms with Crippen LogP contribution in [0.2, 0.25) is 0 Å². The monoisotopic (exact) mass is 363 g/mol. The smallest absolute Gasteiger partial charge is 0.226 e. The van der Waals surface area contributed by atoms with Gasteiger partial charge in [-0.25, -0.2) is 4.39 Å². The highest BCUT2D eigenvalue weighted by Gasteiger charge is 2.26. The van der Waals surface area contributed by atoms with Crippen LogP contribution < -0.4 is 0 Å². The van der Waals surface area contributed by atoms with Crippen molar-refractivity contribution in [2.45, 2.75) is 70.9 Å². The van der Waals surface area contributed by atoms with Crippen LogP contribution in [0.25, 0.3) is 0 Å². The maximum Gasteiger partial charge on any atom is 0.226 e. The predicted octanol–water partition coefficient (Wildman–Crippen LogP) is 3.85. The summed E-state index contributed by atoms with van der Waals surface area (Å²) in [6.45, 7) is 4.12. The van der Waals surface area contributed by atoms with E-state index in [1.807, 2.05) is 13.8 Å². The van der Waals surface area contributed by atoms with E-state index in [1.165, 1.54) is 12.1 Å². The van der Waals surface area contributed by atoms with Crippen LogP contribution in [-0.4, -0.2) is 33.8 Å². The predicted molar refractivity (Wildman–Crippen MR) is 98.9 cm³/mol. The molecule has 1 aliphatic heterocycles. The first-order chi connectivity index (χ1) is 12.3. The normalized spacial score (nSPS) is 26.8. The lowest BCUT2D eigenvalue weighted by molar-refractivity contribution is -0.139. The summed E-state index contributed by atoms with van der Waals surface area (Å²) < 4.78 is 13.1. The Bertz CT molecular complexity index is 612. The molecular formula is C21H30FNO3. The first-order valence-electron chi connectivity index (χ1n) is 9.54. The third-order valence-corrected chi connectivity index (χ3v) is 5.16. The van der Waals surface area contributed by atoms with Gasteiger partial charge in [0, 0.05) is 18.9 Å². The van der Waals surface area contributed by atoms with E-state index >= 15 is 0 Å². The zero-order chi connectivity index (χ0) is 19.2. The highest BCUT2D eigenvalue weighted by Crippen LogP contribution is 2.24. The minimum Gasteiger partial charge on any atom is -0.390 e. The van der Waals surface area contributed by atoms with Gasteiger partial charge in [-0.2, -0.15) is 0 Å². The minimum absolute atomic E-state index is 0.0338. The van der Waals surface area contributed by atoms with E-state index in [0.29, 0.717) is 32.2 Å². The van der Waals surface area contributed by atoms with Gasteiger partial charge >= 0.3 is 0 Å². The number of Topliss-reactive ketones (excluding diaryl/α,β-unsaturated/α-hetero) is 1. The van der Waals surface area contributed by atoms with Gasteiger partial charge in [0.15, 0.2) is 5.78 Å². The molecule has 0 spiro atoms. The van der Waals surface area contributed by atoms with Crippen LogP contribution >= 0.6 is 0 Å². The van der Waals surface area contributed by atoms with Gasteiger partial charge in [-0.3, -0.25) is 9.59 Å². The molecule has 2 rings (SSSR count). The largest absolute Gasteiger partial charge is 0.390 e.